The van der Waals surface area contributed by atoms with E-state index in [9.17, 15) is 9.90 Å². The second-order valence-electron chi connectivity index (χ2n) is 5.06. The predicted molar refractivity (Wildman–Crippen MR) is 81.7 cm³/mol. The maximum atomic E-state index is 12.4. The molecule has 0 fully saturated rings. The number of ether oxygens (including phenoxy) is 2. The minimum atomic E-state index is -0.415. The molecule has 0 unspecified atom stereocenters. The molecule has 2 aromatic carbocycles. The van der Waals surface area contributed by atoms with Gasteiger partial charge in [-0.05, 0) is 23.8 Å². The molecule has 22 heavy (non-hydrogen) atoms. The fourth-order valence-electron chi connectivity index (χ4n) is 2.40. The summed E-state index contributed by atoms with van der Waals surface area (Å²) in [7, 11) is 0. The quantitative estimate of drug-likeness (QED) is 0.926. The number of nitrogens with zero attached hydrogens (tertiary/aromatic N) is 1. The second-order valence-corrected chi connectivity index (χ2v) is 5.06. The van der Waals surface area contributed by atoms with Gasteiger partial charge in [0.15, 0.2) is 0 Å². The van der Waals surface area contributed by atoms with Gasteiger partial charge in [0, 0.05) is 5.56 Å². The number of anilines is 1. The zero-order chi connectivity index (χ0) is 15.4. The molecular formula is C17H17NO4. The summed E-state index contributed by atoms with van der Waals surface area (Å²) in [5, 5.41) is 9.57. The molecule has 5 heteroatoms. The van der Waals surface area contributed by atoms with Gasteiger partial charge in [-0.1, -0.05) is 30.3 Å². The summed E-state index contributed by atoms with van der Waals surface area (Å²) in [6.07, 6.45) is -0.415. The Kier molecular flexibility index (Phi) is 4.25. The standard InChI is InChI=1S/C17H17NO4/c19-15-6-7-16-14(10-15)12-21-9-8-18(16)17(20)22-11-13-4-2-1-3-5-13/h1-7,10,19H,8-9,11-12H2. The molecule has 0 aliphatic carbocycles. The van der Waals surface area contributed by atoms with Gasteiger partial charge >= 0.3 is 6.09 Å². The van der Waals surface area contributed by atoms with E-state index in [2.05, 4.69) is 0 Å². The van der Waals surface area contributed by atoms with Crippen LogP contribution in [0, 0.1) is 0 Å². The van der Waals surface area contributed by atoms with Gasteiger partial charge in [-0.15, -0.1) is 0 Å². The molecule has 2 aromatic rings. The van der Waals surface area contributed by atoms with E-state index in [0.717, 1.165) is 11.1 Å². The maximum absolute atomic E-state index is 12.4. The molecule has 0 aromatic heterocycles. The Morgan fingerprint density at radius 1 is 1.23 bits per heavy atom. The van der Waals surface area contributed by atoms with Gasteiger partial charge in [-0.25, -0.2) is 4.79 Å². The number of fused-ring (bicyclic) bond motifs is 1. The molecule has 0 atom stereocenters. The minimum absolute atomic E-state index is 0.154. The van der Waals surface area contributed by atoms with Crippen LogP contribution in [-0.4, -0.2) is 24.4 Å². The summed E-state index contributed by atoms with van der Waals surface area (Å²) in [5.74, 6) is 0.154. The van der Waals surface area contributed by atoms with Crippen LogP contribution < -0.4 is 4.90 Å². The highest BCUT2D eigenvalue weighted by Gasteiger charge is 2.23. The first-order valence-corrected chi connectivity index (χ1v) is 7.12. The van der Waals surface area contributed by atoms with Crippen LogP contribution in [0.2, 0.25) is 0 Å². The number of carbonyl (C=O) groups is 1. The number of hydrogen-bond donors (Lipinski definition) is 1. The Hall–Kier alpha value is -2.53. The normalized spacial score (nSPS) is 14.1. The van der Waals surface area contributed by atoms with Crippen molar-refractivity contribution in [3.8, 4) is 5.75 Å². The second kappa shape index (κ2) is 6.49. The lowest BCUT2D eigenvalue weighted by Crippen LogP contribution is -2.33. The first kappa shape index (κ1) is 14.4. The lowest BCUT2D eigenvalue weighted by molar-refractivity contribution is 0.125. The smallest absolute Gasteiger partial charge is 0.414 e. The number of benzene rings is 2. The summed E-state index contributed by atoms with van der Waals surface area (Å²) >= 11 is 0. The monoisotopic (exact) mass is 299 g/mol. The van der Waals surface area contributed by atoms with Gasteiger partial charge in [0.1, 0.15) is 12.4 Å². The maximum Gasteiger partial charge on any atom is 0.414 e. The third kappa shape index (κ3) is 3.20. The molecule has 114 valence electrons. The van der Waals surface area contributed by atoms with Crippen molar-refractivity contribution in [2.75, 3.05) is 18.1 Å². The molecule has 0 saturated heterocycles. The number of aromatic hydroxyl groups is 1. The summed E-state index contributed by atoms with van der Waals surface area (Å²) in [6, 6.07) is 14.4. The Labute approximate surface area is 128 Å². The van der Waals surface area contributed by atoms with E-state index < -0.39 is 6.09 Å². The Morgan fingerprint density at radius 2 is 2.05 bits per heavy atom. The van der Waals surface area contributed by atoms with Crippen molar-refractivity contribution in [3.63, 3.8) is 0 Å². The van der Waals surface area contributed by atoms with Gasteiger partial charge in [0.05, 0.1) is 25.4 Å². The summed E-state index contributed by atoms with van der Waals surface area (Å²) < 4.78 is 10.8. The molecule has 0 radical (unpaired) electrons. The van der Waals surface area contributed by atoms with Gasteiger partial charge in [-0.2, -0.15) is 0 Å². The van der Waals surface area contributed by atoms with Crippen molar-refractivity contribution in [1.29, 1.82) is 0 Å². The number of phenols is 1. The largest absolute Gasteiger partial charge is 0.508 e. The van der Waals surface area contributed by atoms with E-state index in [1.165, 1.54) is 0 Å². The van der Waals surface area contributed by atoms with Crippen molar-refractivity contribution in [1.82, 2.24) is 0 Å². The number of carbonyl (C=O) groups excluding carboxylic acids is 1. The van der Waals surface area contributed by atoms with Crippen LogP contribution >= 0.6 is 0 Å². The highest BCUT2D eigenvalue weighted by atomic mass is 16.6. The summed E-state index contributed by atoms with van der Waals surface area (Å²) in [4.78, 5) is 13.9. The van der Waals surface area contributed by atoms with Crippen molar-refractivity contribution >= 4 is 11.8 Å². The Balaban J connectivity index is 1.75. The number of amides is 1. The molecule has 0 spiro atoms. The lowest BCUT2D eigenvalue weighted by Gasteiger charge is -2.21. The molecular weight excluding hydrogens is 282 g/mol. The zero-order valence-electron chi connectivity index (χ0n) is 12.1. The first-order valence-electron chi connectivity index (χ1n) is 7.12. The SMILES string of the molecule is O=C(OCc1ccccc1)N1CCOCc2cc(O)ccc21. The van der Waals surface area contributed by atoms with E-state index in [4.69, 9.17) is 9.47 Å². The van der Waals surface area contributed by atoms with Crippen molar-refractivity contribution < 1.29 is 19.4 Å². The minimum Gasteiger partial charge on any atom is -0.508 e. The van der Waals surface area contributed by atoms with E-state index in [0.29, 0.717) is 25.4 Å². The first-order chi connectivity index (χ1) is 10.7. The summed E-state index contributed by atoms with van der Waals surface area (Å²) in [6.45, 7) is 1.44. The number of phenolic OH excluding ortho intramolecular Hbond substituents is 1. The fourth-order valence-corrected chi connectivity index (χ4v) is 2.40. The molecule has 1 N–H and O–H groups in total. The molecule has 0 bridgehead atoms. The molecule has 5 nitrogen and oxygen atoms in total. The molecule has 0 saturated carbocycles. The predicted octanol–water partition coefficient (Wildman–Crippen LogP) is 3.07. The number of rotatable bonds is 2. The van der Waals surface area contributed by atoms with Gasteiger partial charge < -0.3 is 14.6 Å². The van der Waals surface area contributed by atoms with Crippen LogP contribution in [0.5, 0.6) is 5.75 Å². The van der Waals surface area contributed by atoms with Crippen molar-refractivity contribution in [3.05, 3.63) is 59.7 Å². The van der Waals surface area contributed by atoms with Crippen LogP contribution in [0.15, 0.2) is 48.5 Å². The third-order valence-electron chi connectivity index (χ3n) is 3.50. The van der Waals surface area contributed by atoms with Crippen LogP contribution in [-0.2, 0) is 22.7 Å². The van der Waals surface area contributed by atoms with Crippen molar-refractivity contribution in [2.24, 2.45) is 0 Å². The lowest BCUT2D eigenvalue weighted by atomic mass is 10.1. The number of hydrogen-bond acceptors (Lipinski definition) is 4. The van der Waals surface area contributed by atoms with Gasteiger partial charge in [0.25, 0.3) is 0 Å². The van der Waals surface area contributed by atoms with Gasteiger partial charge in [-0.3, -0.25) is 4.90 Å². The topological polar surface area (TPSA) is 59.0 Å². The molecule has 3 rings (SSSR count). The molecule has 1 aliphatic heterocycles. The van der Waals surface area contributed by atoms with Crippen molar-refractivity contribution in [2.45, 2.75) is 13.2 Å². The third-order valence-corrected chi connectivity index (χ3v) is 3.50. The van der Waals surface area contributed by atoms with E-state index in [-0.39, 0.29) is 12.4 Å². The Morgan fingerprint density at radius 3 is 2.86 bits per heavy atom. The summed E-state index contributed by atoms with van der Waals surface area (Å²) in [5.41, 5.74) is 2.43. The highest BCUT2D eigenvalue weighted by Crippen LogP contribution is 2.28. The van der Waals surface area contributed by atoms with E-state index in [1.54, 1.807) is 23.1 Å². The fraction of sp³-hybridized carbons (Fsp3) is 0.235. The highest BCUT2D eigenvalue weighted by molar-refractivity contribution is 5.89. The van der Waals surface area contributed by atoms with Crippen LogP contribution in [0.25, 0.3) is 0 Å². The van der Waals surface area contributed by atoms with Crippen LogP contribution in [0.1, 0.15) is 11.1 Å². The Bertz CT molecular complexity index is 657. The average Bonchev–Trinajstić information content (AvgIpc) is 2.75. The zero-order valence-corrected chi connectivity index (χ0v) is 12.1. The van der Waals surface area contributed by atoms with E-state index in [1.807, 2.05) is 30.3 Å². The van der Waals surface area contributed by atoms with E-state index >= 15 is 0 Å². The van der Waals surface area contributed by atoms with Gasteiger partial charge in [0.2, 0.25) is 0 Å². The van der Waals surface area contributed by atoms with Crippen LogP contribution in [0.4, 0.5) is 10.5 Å². The van der Waals surface area contributed by atoms with Crippen LogP contribution in [0.3, 0.4) is 0 Å². The average molecular weight is 299 g/mol. The molecule has 1 heterocycles. The molecule has 1 amide bonds. The molecule has 1 aliphatic rings.